The molecule has 2 atom stereocenters. The zero-order valence-electron chi connectivity index (χ0n) is 11.3. The summed E-state index contributed by atoms with van der Waals surface area (Å²) >= 11 is 3.37. The van der Waals surface area contributed by atoms with Crippen molar-refractivity contribution in [1.82, 2.24) is 9.88 Å². The second kappa shape index (κ2) is 5.42. The lowest BCUT2D eigenvalue weighted by molar-refractivity contribution is 0.0579. The number of aliphatic hydroxyl groups is 1. The van der Waals surface area contributed by atoms with Crippen LogP contribution in [0.2, 0.25) is 0 Å². The highest BCUT2D eigenvalue weighted by molar-refractivity contribution is 9.10. The molecule has 6 heteroatoms. The standard InChI is InChI=1S/C14H17BrN2O3/c1-17(11-6-20-7-12(11)18)14(19)10-4-9(15)5-16-13(10)8-2-3-8/h4-5,8,11-12,18H,2-3,6-7H2,1H3/t11-,12-/m1/s1. The molecule has 1 N–H and O–H groups in total. The van der Waals surface area contributed by atoms with Gasteiger partial charge in [-0.05, 0) is 34.8 Å². The van der Waals surface area contributed by atoms with Gasteiger partial charge in [-0.25, -0.2) is 0 Å². The Kier molecular flexibility index (Phi) is 3.79. The Hall–Kier alpha value is -0.980. The molecule has 20 heavy (non-hydrogen) atoms. The predicted molar refractivity (Wildman–Crippen MR) is 76.6 cm³/mol. The molecule has 1 saturated heterocycles. The van der Waals surface area contributed by atoms with Gasteiger partial charge in [0.25, 0.3) is 5.91 Å². The Balaban J connectivity index is 1.87. The number of aromatic nitrogens is 1. The molecular weight excluding hydrogens is 324 g/mol. The summed E-state index contributed by atoms with van der Waals surface area (Å²) in [5.74, 6) is 0.301. The molecule has 2 heterocycles. The van der Waals surface area contributed by atoms with Gasteiger partial charge in [-0.1, -0.05) is 0 Å². The van der Waals surface area contributed by atoms with Crippen LogP contribution in [0, 0.1) is 0 Å². The first-order valence-electron chi connectivity index (χ1n) is 6.76. The molecule has 1 aromatic heterocycles. The second-order valence-corrected chi connectivity index (χ2v) is 6.36. The number of likely N-dealkylation sites (N-methyl/N-ethyl adjacent to an activating group) is 1. The van der Waals surface area contributed by atoms with Gasteiger partial charge in [0.15, 0.2) is 0 Å². The fourth-order valence-electron chi connectivity index (χ4n) is 2.55. The van der Waals surface area contributed by atoms with Crippen molar-refractivity contribution in [2.75, 3.05) is 20.3 Å². The lowest BCUT2D eigenvalue weighted by Crippen LogP contribution is -2.44. The summed E-state index contributed by atoms with van der Waals surface area (Å²) < 4.78 is 6.01. The van der Waals surface area contributed by atoms with Gasteiger partial charge in [-0.2, -0.15) is 0 Å². The summed E-state index contributed by atoms with van der Waals surface area (Å²) in [4.78, 5) is 18.7. The van der Waals surface area contributed by atoms with Crippen molar-refractivity contribution in [3.05, 3.63) is 28.0 Å². The second-order valence-electron chi connectivity index (χ2n) is 5.45. The highest BCUT2D eigenvalue weighted by atomic mass is 79.9. The van der Waals surface area contributed by atoms with E-state index in [2.05, 4.69) is 20.9 Å². The summed E-state index contributed by atoms with van der Waals surface area (Å²) in [5, 5.41) is 9.86. The minimum absolute atomic E-state index is 0.102. The van der Waals surface area contributed by atoms with E-state index in [1.807, 2.05) is 6.07 Å². The molecular formula is C14H17BrN2O3. The summed E-state index contributed by atoms with van der Waals surface area (Å²) in [6, 6.07) is 1.54. The van der Waals surface area contributed by atoms with Crippen molar-refractivity contribution >= 4 is 21.8 Å². The minimum atomic E-state index is -0.617. The summed E-state index contributed by atoms with van der Waals surface area (Å²) in [5.41, 5.74) is 1.50. The van der Waals surface area contributed by atoms with Crippen molar-refractivity contribution in [2.45, 2.75) is 30.9 Å². The van der Waals surface area contributed by atoms with Crippen LogP contribution in [-0.2, 0) is 4.74 Å². The van der Waals surface area contributed by atoms with Crippen molar-refractivity contribution in [3.63, 3.8) is 0 Å². The first-order chi connectivity index (χ1) is 9.58. The molecule has 5 nitrogen and oxygen atoms in total. The quantitative estimate of drug-likeness (QED) is 0.906. The molecule has 1 aromatic rings. The van der Waals surface area contributed by atoms with Crippen LogP contribution in [0.3, 0.4) is 0 Å². The zero-order valence-corrected chi connectivity index (χ0v) is 12.8. The van der Waals surface area contributed by atoms with E-state index in [-0.39, 0.29) is 18.6 Å². The van der Waals surface area contributed by atoms with E-state index >= 15 is 0 Å². The first kappa shape index (κ1) is 14.0. The number of aliphatic hydroxyl groups excluding tert-OH is 1. The topological polar surface area (TPSA) is 62.7 Å². The average Bonchev–Trinajstić information content (AvgIpc) is 3.19. The van der Waals surface area contributed by atoms with Gasteiger partial charge in [-0.15, -0.1) is 0 Å². The Labute approximate surface area is 126 Å². The third-order valence-electron chi connectivity index (χ3n) is 3.92. The SMILES string of the molecule is CN(C(=O)c1cc(Br)cnc1C1CC1)[C@@H]1COC[C@H]1O. The van der Waals surface area contributed by atoms with Crippen LogP contribution < -0.4 is 0 Å². The highest BCUT2D eigenvalue weighted by Gasteiger charge is 2.35. The zero-order chi connectivity index (χ0) is 14.3. The number of hydrogen-bond donors (Lipinski definition) is 1. The number of ether oxygens (including phenoxy) is 1. The number of nitrogens with zero attached hydrogens (tertiary/aromatic N) is 2. The van der Waals surface area contributed by atoms with Crippen LogP contribution >= 0.6 is 15.9 Å². The normalized spacial score (nSPS) is 25.8. The maximum Gasteiger partial charge on any atom is 0.255 e. The van der Waals surface area contributed by atoms with Crippen molar-refractivity contribution in [3.8, 4) is 0 Å². The average molecular weight is 341 g/mol. The molecule has 0 spiro atoms. The van der Waals surface area contributed by atoms with Crippen molar-refractivity contribution < 1.29 is 14.6 Å². The third-order valence-corrected chi connectivity index (χ3v) is 4.35. The summed E-state index contributed by atoms with van der Waals surface area (Å²) in [6.45, 7) is 0.665. The molecule has 2 fully saturated rings. The Morgan fingerprint density at radius 1 is 1.50 bits per heavy atom. The van der Waals surface area contributed by atoms with Crippen LogP contribution in [0.25, 0.3) is 0 Å². The number of hydrogen-bond acceptors (Lipinski definition) is 4. The lowest BCUT2D eigenvalue weighted by Gasteiger charge is -2.26. The van der Waals surface area contributed by atoms with Crippen LogP contribution in [0.4, 0.5) is 0 Å². The van der Waals surface area contributed by atoms with Crippen molar-refractivity contribution in [2.24, 2.45) is 0 Å². The third kappa shape index (κ3) is 2.60. The summed E-state index contributed by atoms with van der Waals surface area (Å²) in [6.07, 6.45) is 3.30. The van der Waals surface area contributed by atoms with Crippen LogP contribution in [0.5, 0.6) is 0 Å². The number of carbonyl (C=O) groups excluding carboxylic acids is 1. The molecule has 0 unspecified atom stereocenters. The maximum atomic E-state index is 12.7. The van der Waals surface area contributed by atoms with Crippen molar-refractivity contribution in [1.29, 1.82) is 0 Å². The smallest absolute Gasteiger partial charge is 0.255 e. The van der Waals surface area contributed by atoms with Gasteiger partial charge in [0.1, 0.15) is 0 Å². The largest absolute Gasteiger partial charge is 0.388 e. The number of amides is 1. The molecule has 2 aliphatic rings. The Morgan fingerprint density at radius 2 is 2.25 bits per heavy atom. The Bertz CT molecular complexity index is 533. The van der Waals surface area contributed by atoms with E-state index in [0.29, 0.717) is 18.1 Å². The molecule has 1 aliphatic carbocycles. The van der Waals surface area contributed by atoms with Gasteiger partial charge in [-0.3, -0.25) is 9.78 Å². The monoisotopic (exact) mass is 340 g/mol. The van der Waals surface area contributed by atoms with E-state index in [4.69, 9.17) is 4.74 Å². The van der Waals surface area contributed by atoms with Crippen LogP contribution in [-0.4, -0.2) is 53.3 Å². The number of pyridine rings is 1. The van der Waals surface area contributed by atoms with E-state index in [9.17, 15) is 9.90 Å². The van der Waals surface area contributed by atoms with Gasteiger partial charge in [0.2, 0.25) is 0 Å². The molecule has 0 bridgehead atoms. The number of carbonyl (C=O) groups is 1. The molecule has 0 radical (unpaired) electrons. The molecule has 108 valence electrons. The van der Waals surface area contributed by atoms with E-state index in [1.165, 1.54) is 0 Å². The van der Waals surface area contributed by atoms with E-state index < -0.39 is 6.10 Å². The van der Waals surface area contributed by atoms with Crippen LogP contribution in [0.1, 0.15) is 34.8 Å². The molecule has 1 saturated carbocycles. The lowest BCUT2D eigenvalue weighted by atomic mass is 10.1. The fraction of sp³-hybridized carbons (Fsp3) is 0.571. The Morgan fingerprint density at radius 3 is 2.85 bits per heavy atom. The minimum Gasteiger partial charge on any atom is -0.388 e. The van der Waals surface area contributed by atoms with Gasteiger partial charge in [0.05, 0.1) is 36.6 Å². The van der Waals surface area contributed by atoms with E-state index in [1.54, 1.807) is 18.1 Å². The highest BCUT2D eigenvalue weighted by Crippen LogP contribution is 2.41. The van der Waals surface area contributed by atoms with Gasteiger partial charge in [0, 0.05) is 23.6 Å². The molecule has 1 aliphatic heterocycles. The maximum absolute atomic E-state index is 12.7. The summed E-state index contributed by atoms with van der Waals surface area (Å²) in [7, 11) is 1.71. The van der Waals surface area contributed by atoms with Gasteiger partial charge < -0.3 is 14.7 Å². The number of halogens is 1. The fourth-order valence-corrected chi connectivity index (χ4v) is 2.88. The molecule has 3 rings (SSSR count). The van der Waals surface area contributed by atoms with E-state index in [0.717, 1.165) is 23.0 Å². The molecule has 1 amide bonds. The number of rotatable bonds is 3. The van der Waals surface area contributed by atoms with Crippen LogP contribution in [0.15, 0.2) is 16.7 Å². The molecule has 0 aromatic carbocycles. The first-order valence-corrected chi connectivity index (χ1v) is 7.55. The van der Waals surface area contributed by atoms with Gasteiger partial charge >= 0.3 is 0 Å². The predicted octanol–water partition coefficient (Wildman–Crippen LogP) is 1.55.